The average Bonchev–Trinajstić information content (AvgIpc) is 3.14. The van der Waals surface area contributed by atoms with E-state index in [0.717, 1.165) is 50.0 Å². The van der Waals surface area contributed by atoms with E-state index in [4.69, 9.17) is 11.6 Å². The lowest BCUT2D eigenvalue weighted by atomic mass is 9.87. The lowest BCUT2D eigenvalue weighted by molar-refractivity contribution is -0.146. The fourth-order valence-corrected chi connectivity index (χ4v) is 5.30. The van der Waals surface area contributed by atoms with Crippen molar-refractivity contribution in [3.63, 3.8) is 0 Å². The van der Waals surface area contributed by atoms with E-state index in [-0.39, 0.29) is 5.82 Å². The highest BCUT2D eigenvalue weighted by atomic mass is 35.5. The van der Waals surface area contributed by atoms with Crippen molar-refractivity contribution in [2.45, 2.75) is 40.7 Å². The van der Waals surface area contributed by atoms with Gasteiger partial charge in [-0.1, -0.05) is 71.8 Å². The molecule has 198 valence electrons. The fourth-order valence-electron chi connectivity index (χ4n) is 5.17. The molecular formula is C34H31ClFNO2. The Balaban J connectivity index is 1.60. The first-order valence-corrected chi connectivity index (χ1v) is 13.4. The van der Waals surface area contributed by atoms with Gasteiger partial charge in [0.2, 0.25) is 0 Å². The average molecular weight is 540 g/mol. The van der Waals surface area contributed by atoms with Crippen LogP contribution in [0.3, 0.4) is 0 Å². The second-order valence-electron chi connectivity index (χ2n) is 10.9. The summed E-state index contributed by atoms with van der Waals surface area (Å²) in [4.78, 5) is 12.0. The van der Waals surface area contributed by atoms with E-state index in [1.54, 1.807) is 19.9 Å². The van der Waals surface area contributed by atoms with E-state index in [0.29, 0.717) is 23.6 Å². The van der Waals surface area contributed by atoms with Gasteiger partial charge in [0.1, 0.15) is 5.82 Å². The van der Waals surface area contributed by atoms with Crippen molar-refractivity contribution >= 4 is 28.5 Å². The van der Waals surface area contributed by atoms with E-state index >= 15 is 4.39 Å². The summed E-state index contributed by atoms with van der Waals surface area (Å²) in [5, 5.41) is 11.6. The highest BCUT2D eigenvalue weighted by Crippen LogP contribution is 2.36. The minimum absolute atomic E-state index is 0.265. The van der Waals surface area contributed by atoms with E-state index in [9.17, 15) is 9.90 Å². The Morgan fingerprint density at radius 2 is 1.59 bits per heavy atom. The van der Waals surface area contributed by atoms with Crippen LogP contribution in [0.4, 0.5) is 4.39 Å². The fraction of sp³-hybridized carbons (Fsp3) is 0.206. The summed E-state index contributed by atoms with van der Waals surface area (Å²) >= 11 is 6.11. The van der Waals surface area contributed by atoms with Crippen molar-refractivity contribution in [2.24, 2.45) is 5.41 Å². The summed E-state index contributed by atoms with van der Waals surface area (Å²) < 4.78 is 17.5. The van der Waals surface area contributed by atoms with Gasteiger partial charge >= 0.3 is 5.97 Å². The molecule has 1 heterocycles. The Morgan fingerprint density at radius 1 is 0.897 bits per heavy atom. The third kappa shape index (κ3) is 5.35. The number of fused-ring (bicyclic) bond motifs is 1. The molecule has 3 nitrogen and oxygen atoms in total. The molecule has 39 heavy (non-hydrogen) atoms. The molecular weight excluding hydrogens is 509 g/mol. The van der Waals surface area contributed by atoms with Crippen LogP contribution >= 0.6 is 11.6 Å². The van der Waals surface area contributed by atoms with Gasteiger partial charge in [-0.25, -0.2) is 4.39 Å². The zero-order valence-corrected chi connectivity index (χ0v) is 23.3. The van der Waals surface area contributed by atoms with Crippen molar-refractivity contribution < 1.29 is 14.3 Å². The van der Waals surface area contributed by atoms with Gasteiger partial charge in [-0.15, -0.1) is 0 Å². The first-order chi connectivity index (χ1) is 18.5. The van der Waals surface area contributed by atoms with Crippen molar-refractivity contribution in [3.8, 4) is 22.3 Å². The molecule has 5 rings (SSSR count). The van der Waals surface area contributed by atoms with Gasteiger partial charge < -0.3 is 9.67 Å². The Bertz CT molecular complexity index is 1700. The summed E-state index contributed by atoms with van der Waals surface area (Å²) in [6.45, 7) is 8.13. The van der Waals surface area contributed by atoms with Gasteiger partial charge in [-0.05, 0) is 85.8 Å². The summed E-state index contributed by atoms with van der Waals surface area (Å²) in [5.41, 5.74) is 7.38. The number of nitrogens with zero attached hydrogens (tertiary/aromatic N) is 1. The van der Waals surface area contributed by atoms with Crippen molar-refractivity contribution in [1.29, 1.82) is 0 Å². The van der Waals surface area contributed by atoms with Gasteiger partial charge in [0.25, 0.3) is 0 Å². The molecule has 0 fully saturated rings. The zero-order valence-electron chi connectivity index (χ0n) is 22.6. The van der Waals surface area contributed by atoms with Gasteiger partial charge in [-0.2, -0.15) is 0 Å². The lowest BCUT2D eigenvalue weighted by Crippen LogP contribution is -2.27. The molecule has 5 aromatic rings. The molecule has 0 unspecified atom stereocenters. The van der Waals surface area contributed by atoms with Crippen LogP contribution in [0.25, 0.3) is 33.2 Å². The third-order valence-electron chi connectivity index (χ3n) is 7.52. The van der Waals surface area contributed by atoms with Crippen molar-refractivity contribution in [1.82, 2.24) is 4.57 Å². The maximum Gasteiger partial charge on any atom is 0.309 e. The van der Waals surface area contributed by atoms with Crippen LogP contribution < -0.4 is 0 Å². The molecule has 1 aromatic heterocycles. The number of rotatable bonds is 7. The van der Waals surface area contributed by atoms with E-state index in [2.05, 4.69) is 16.7 Å². The quantitative estimate of drug-likeness (QED) is 0.224. The molecule has 4 aromatic carbocycles. The first-order valence-electron chi connectivity index (χ1n) is 13.0. The second kappa shape index (κ2) is 10.3. The smallest absolute Gasteiger partial charge is 0.309 e. The number of carboxylic acid groups (broad SMARTS) is 1. The molecule has 0 atom stereocenters. The molecule has 0 aliphatic heterocycles. The lowest BCUT2D eigenvalue weighted by Gasteiger charge is -2.21. The summed E-state index contributed by atoms with van der Waals surface area (Å²) in [6, 6.07) is 27.1. The van der Waals surface area contributed by atoms with Crippen LogP contribution in [0.5, 0.6) is 0 Å². The van der Waals surface area contributed by atoms with Crippen molar-refractivity contribution in [3.05, 3.63) is 118 Å². The zero-order chi connectivity index (χ0) is 27.9. The van der Waals surface area contributed by atoms with E-state index in [1.165, 1.54) is 0 Å². The van der Waals surface area contributed by atoms with Crippen LogP contribution in [-0.4, -0.2) is 15.6 Å². The molecule has 0 radical (unpaired) electrons. The topological polar surface area (TPSA) is 42.2 Å². The van der Waals surface area contributed by atoms with Gasteiger partial charge in [0.05, 0.1) is 5.41 Å². The maximum absolute atomic E-state index is 15.3. The first kappa shape index (κ1) is 26.7. The third-order valence-corrected chi connectivity index (χ3v) is 7.78. The minimum Gasteiger partial charge on any atom is -0.481 e. The number of carbonyl (C=O) groups is 1. The van der Waals surface area contributed by atoms with Gasteiger partial charge in [0, 0.05) is 40.1 Å². The molecule has 0 amide bonds. The molecule has 1 N–H and O–H groups in total. The number of hydrogen-bond donors (Lipinski definition) is 1. The van der Waals surface area contributed by atoms with Crippen LogP contribution in [0.1, 0.15) is 36.2 Å². The van der Waals surface area contributed by atoms with Crippen LogP contribution in [0, 0.1) is 25.1 Å². The number of benzene rings is 4. The standard InChI is InChI=1S/C34H31ClFNO2/c1-21-6-5-7-26(16-21)28-14-10-25(18-30(28)36)24-11-15-31-29(17-24)22(2)32(19-34(3,4)33(38)39)37(31)20-23-8-12-27(35)13-9-23/h5-18H,19-20H2,1-4H3,(H,38,39). The molecule has 5 heteroatoms. The Morgan fingerprint density at radius 3 is 2.26 bits per heavy atom. The SMILES string of the molecule is Cc1cccc(-c2ccc(-c3ccc4c(c3)c(C)c(CC(C)(C)C(=O)O)n4Cc3ccc(Cl)cc3)cc2F)c1. The Labute approximate surface area is 233 Å². The van der Waals surface area contributed by atoms with Crippen molar-refractivity contribution in [2.75, 3.05) is 0 Å². The molecule has 0 saturated heterocycles. The monoisotopic (exact) mass is 539 g/mol. The van der Waals surface area contributed by atoms with Crippen LogP contribution in [0.15, 0.2) is 84.9 Å². The number of aromatic nitrogens is 1. The van der Waals surface area contributed by atoms with Crippen LogP contribution in [-0.2, 0) is 17.8 Å². The normalized spacial score (nSPS) is 11.7. The summed E-state index contributed by atoms with van der Waals surface area (Å²) in [5.74, 6) is -1.10. The number of halogens is 2. The molecule has 0 spiro atoms. The predicted molar refractivity (Wildman–Crippen MR) is 158 cm³/mol. The maximum atomic E-state index is 15.3. The molecule has 0 bridgehead atoms. The Hall–Kier alpha value is -3.89. The predicted octanol–water partition coefficient (Wildman–Crippen LogP) is 9.09. The highest BCUT2D eigenvalue weighted by molar-refractivity contribution is 6.30. The summed E-state index contributed by atoms with van der Waals surface area (Å²) in [6.07, 6.45) is 0.381. The number of aryl methyl sites for hydroxylation is 2. The largest absolute Gasteiger partial charge is 0.481 e. The van der Waals surface area contributed by atoms with Crippen LogP contribution in [0.2, 0.25) is 5.02 Å². The van der Waals surface area contributed by atoms with E-state index in [1.807, 2.05) is 80.6 Å². The highest BCUT2D eigenvalue weighted by Gasteiger charge is 2.30. The molecule has 0 saturated carbocycles. The number of hydrogen-bond acceptors (Lipinski definition) is 1. The second-order valence-corrected chi connectivity index (χ2v) is 11.4. The number of carboxylic acids is 1. The van der Waals surface area contributed by atoms with Gasteiger partial charge in [0.15, 0.2) is 0 Å². The Kier molecular flexibility index (Phi) is 7.09. The number of aliphatic carboxylic acids is 1. The molecule has 0 aliphatic carbocycles. The minimum atomic E-state index is -0.936. The summed E-state index contributed by atoms with van der Waals surface area (Å²) in [7, 11) is 0. The van der Waals surface area contributed by atoms with E-state index < -0.39 is 11.4 Å². The van der Waals surface area contributed by atoms with Gasteiger partial charge in [-0.3, -0.25) is 4.79 Å². The molecule has 0 aliphatic rings.